The minimum absolute atomic E-state index is 0.160. The summed E-state index contributed by atoms with van der Waals surface area (Å²) in [7, 11) is 0. The van der Waals surface area contributed by atoms with Crippen molar-refractivity contribution in [3.8, 4) is 0 Å². The highest BCUT2D eigenvalue weighted by molar-refractivity contribution is 5.98. The van der Waals surface area contributed by atoms with E-state index >= 15 is 0 Å². The maximum Gasteiger partial charge on any atom is 0.326 e. The summed E-state index contributed by atoms with van der Waals surface area (Å²) in [5.74, 6) is -1.32. The van der Waals surface area contributed by atoms with E-state index in [4.69, 9.17) is 5.11 Å². The third-order valence-corrected chi connectivity index (χ3v) is 3.61. The fraction of sp³-hybridized carbons (Fsp3) is 0.438. The lowest BCUT2D eigenvalue weighted by Crippen LogP contribution is -2.41. The van der Waals surface area contributed by atoms with Gasteiger partial charge < -0.3 is 15.7 Å². The van der Waals surface area contributed by atoms with E-state index in [1.54, 1.807) is 29.2 Å². The van der Waals surface area contributed by atoms with E-state index in [0.717, 1.165) is 0 Å². The van der Waals surface area contributed by atoms with Crippen LogP contribution >= 0.6 is 0 Å². The molecule has 2 rings (SSSR count). The average Bonchev–Trinajstić information content (AvgIpc) is 2.92. The molecule has 1 unspecified atom stereocenters. The summed E-state index contributed by atoms with van der Waals surface area (Å²) < 4.78 is 0. The predicted octanol–water partition coefficient (Wildman–Crippen LogP) is 1.45. The summed E-state index contributed by atoms with van der Waals surface area (Å²) in [6.07, 6.45) is 0.368. The van der Waals surface area contributed by atoms with Gasteiger partial charge in [-0.3, -0.25) is 9.69 Å². The fourth-order valence-electron chi connectivity index (χ4n) is 2.45. The monoisotopic (exact) mass is 319 g/mol. The lowest BCUT2D eigenvalue weighted by atomic mass is 10.0. The van der Waals surface area contributed by atoms with Gasteiger partial charge in [0.2, 0.25) is 0 Å². The molecule has 3 amide bonds. The summed E-state index contributed by atoms with van der Waals surface area (Å²) in [5.41, 5.74) is 1.07. The topological polar surface area (TPSA) is 98.7 Å². The Bertz CT molecular complexity index is 598. The molecule has 7 heteroatoms. The minimum Gasteiger partial charge on any atom is -0.480 e. The molecule has 0 spiro atoms. The molecule has 1 saturated heterocycles. The van der Waals surface area contributed by atoms with Crippen LogP contribution < -0.4 is 15.5 Å². The summed E-state index contributed by atoms with van der Waals surface area (Å²) in [6.45, 7) is 4.98. The van der Waals surface area contributed by atoms with Crippen LogP contribution in [-0.2, 0) is 4.79 Å². The minimum atomic E-state index is -1.04. The van der Waals surface area contributed by atoms with Crippen LogP contribution in [0.1, 0.15) is 30.6 Å². The lowest BCUT2D eigenvalue weighted by Gasteiger charge is -2.17. The first-order chi connectivity index (χ1) is 10.9. The standard InChI is InChI=1S/C16H21N3O4/c1-10(2)9-13(15(21)22)18-14(20)11-3-5-12(6-4-11)19-8-7-17-16(19)23/h3-6,10,13H,7-9H2,1-2H3,(H,17,23)(H,18,20)(H,21,22). The zero-order valence-corrected chi connectivity index (χ0v) is 13.2. The second kappa shape index (κ2) is 7.13. The number of aliphatic carboxylic acids is 1. The van der Waals surface area contributed by atoms with Gasteiger partial charge in [0.25, 0.3) is 5.91 Å². The maximum atomic E-state index is 12.2. The van der Waals surface area contributed by atoms with E-state index in [9.17, 15) is 14.4 Å². The summed E-state index contributed by atoms with van der Waals surface area (Å²) >= 11 is 0. The number of hydrogen-bond acceptors (Lipinski definition) is 3. The molecule has 0 saturated carbocycles. The maximum absolute atomic E-state index is 12.2. The molecule has 23 heavy (non-hydrogen) atoms. The van der Waals surface area contributed by atoms with Crippen molar-refractivity contribution in [3.05, 3.63) is 29.8 Å². The van der Waals surface area contributed by atoms with Gasteiger partial charge >= 0.3 is 12.0 Å². The first-order valence-electron chi connectivity index (χ1n) is 7.57. The van der Waals surface area contributed by atoms with Crippen molar-refractivity contribution in [2.75, 3.05) is 18.0 Å². The van der Waals surface area contributed by atoms with Gasteiger partial charge in [0.1, 0.15) is 6.04 Å². The van der Waals surface area contributed by atoms with Gasteiger partial charge in [-0.1, -0.05) is 13.8 Å². The number of nitrogens with one attached hydrogen (secondary N) is 2. The van der Waals surface area contributed by atoms with Crippen LogP contribution in [0, 0.1) is 5.92 Å². The smallest absolute Gasteiger partial charge is 0.326 e. The van der Waals surface area contributed by atoms with Crippen LogP contribution in [0.15, 0.2) is 24.3 Å². The number of carbonyl (C=O) groups is 3. The Balaban J connectivity index is 2.04. The number of anilines is 1. The highest BCUT2D eigenvalue weighted by atomic mass is 16.4. The van der Waals surface area contributed by atoms with E-state index < -0.39 is 17.9 Å². The third kappa shape index (κ3) is 4.21. The van der Waals surface area contributed by atoms with Gasteiger partial charge in [0.05, 0.1) is 0 Å². The molecule has 1 aliphatic heterocycles. The summed E-state index contributed by atoms with van der Waals surface area (Å²) in [5, 5.41) is 14.4. The summed E-state index contributed by atoms with van der Waals surface area (Å²) in [6, 6.07) is 5.46. The number of carbonyl (C=O) groups excluding carboxylic acids is 2. The Morgan fingerprint density at radius 3 is 2.43 bits per heavy atom. The molecule has 3 N–H and O–H groups in total. The first kappa shape index (κ1) is 16.8. The Morgan fingerprint density at radius 1 is 1.30 bits per heavy atom. The summed E-state index contributed by atoms with van der Waals surface area (Å²) in [4.78, 5) is 36.5. The average molecular weight is 319 g/mol. The molecule has 0 aliphatic carbocycles. The molecule has 1 heterocycles. The first-order valence-corrected chi connectivity index (χ1v) is 7.57. The Morgan fingerprint density at radius 2 is 1.96 bits per heavy atom. The number of carboxylic acids is 1. The van der Waals surface area contributed by atoms with Gasteiger partial charge in [-0.25, -0.2) is 9.59 Å². The number of carboxylic acid groups (broad SMARTS) is 1. The number of amides is 3. The van der Waals surface area contributed by atoms with Crippen molar-refractivity contribution in [1.29, 1.82) is 0 Å². The molecule has 1 aliphatic rings. The van der Waals surface area contributed by atoms with Crippen LogP contribution in [0.4, 0.5) is 10.5 Å². The molecule has 1 aromatic carbocycles. The number of rotatable bonds is 6. The second-order valence-corrected chi connectivity index (χ2v) is 5.92. The van der Waals surface area contributed by atoms with Crippen LogP contribution in [0.25, 0.3) is 0 Å². The van der Waals surface area contributed by atoms with Crippen molar-refractivity contribution in [2.45, 2.75) is 26.3 Å². The molecule has 1 fully saturated rings. The molecule has 0 radical (unpaired) electrons. The molecular weight excluding hydrogens is 298 g/mol. The zero-order chi connectivity index (χ0) is 17.0. The van der Waals surface area contributed by atoms with Crippen molar-refractivity contribution in [3.63, 3.8) is 0 Å². The number of urea groups is 1. The lowest BCUT2D eigenvalue weighted by molar-refractivity contribution is -0.139. The van der Waals surface area contributed by atoms with Crippen LogP contribution in [0.3, 0.4) is 0 Å². The SMILES string of the molecule is CC(C)CC(NC(=O)c1ccc(N2CCNC2=O)cc1)C(=O)O. The van der Waals surface area contributed by atoms with E-state index in [1.165, 1.54) is 0 Å². The molecule has 1 aromatic rings. The molecule has 1 atom stereocenters. The molecule has 0 aromatic heterocycles. The van der Waals surface area contributed by atoms with Gasteiger partial charge in [-0.15, -0.1) is 0 Å². The predicted molar refractivity (Wildman–Crippen MR) is 85.5 cm³/mol. The third-order valence-electron chi connectivity index (χ3n) is 3.61. The molecule has 124 valence electrons. The number of hydrogen-bond donors (Lipinski definition) is 3. The highest BCUT2D eigenvalue weighted by Crippen LogP contribution is 2.17. The van der Waals surface area contributed by atoms with E-state index in [-0.39, 0.29) is 11.9 Å². The normalized spacial score (nSPS) is 15.4. The van der Waals surface area contributed by atoms with Crippen LogP contribution in [0.2, 0.25) is 0 Å². The Kier molecular flexibility index (Phi) is 5.20. The number of benzene rings is 1. The zero-order valence-electron chi connectivity index (χ0n) is 13.2. The van der Waals surface area contributed by atoms with Crippen molar-refractivity contribution < 1.29 is 19.5 Å². The molecule has 7 nitrogen and oxygen atoms in total. The van der Waals surface area contributed by atoms with Crippen LogP contribution in [-0.4, -0.2) is 42.1 Å². The van der Waals surface area contributed by atoms with E-state index in [1.807, 2.05) is 13.8 Å². The molecule has 0 bridgehead atoms. The van der Waals surface area contributed by atoms with E-state index in [0.29, 0.717) is 30.8 Å². The Labute approximate surface area is 134 Å². The quantitative estimate of drug-likeness (QED) is 0.739. The Hall–Kier alpha value is -2.57. The van der Waals surface area contributed by atoms with Gasteiger partial charge in [-0.05, 0) is 36.6 Å². The highest BCUT2D eigenvalue weighted by Gasteiger charge is 2.23. The van der Waals surface area contributed by atoms with Gasteiger partial charge in [0, 0.05) is 24.3 Å². The van der Waals surface area contributed by atoms with Crippen molar-refractivity contribution >= 4 is 23.6 Å². The van der Waals surface area contributed by atoms with Crippen LogP contribution in [0.5, 0.6) is 0 Å². The second-order valence-electron chi connectivity index (χ2n) is 5.92. The van der Waals surface area contributed by atoms with Gasteiger partial charge in [-0.2, -0.15) is 0 Å². The van der Waals surface area contributed by atoms with Gasteiger partial charge in [0.15, 0.2) is 0 Å². The molecular formula is C16H21N3O4. The van der Waals surface area contributed by atoms with E-state index in [2.05, 4.69) is 10.6 Å². The largest absolute Gasteiger partial charge is 0.480 e. The van der Waals surface area contributed by atoms with Crippen molar-refractivity contribution in [2.24, 2.45) is 5.92 Å². The number of nitrogens with zero attached hydrogens (tertiary/aromatic N) is 1. The van der Waals surface area contributed by atoms with Crippen molar-refractivity contribution in [1.82, 2.24) is 10.6 Å². The fourth-order valence-corrected chi connectivity index (χ4v) is 2.45.